The van der Waals surface area contributed by atoms with Gasteiger partial charge in [-0.15, -0.1) is 11.3 Å². The summed E-state index contributed by atoms with van der Waals surface area (Å²) in [6.45, 7) is 0.469. The molecule has 0 spiro atoms. The summed E-state index contributed by atoms with van der Waals surface area (Å²) in [6.07, 6.45) is 0.727. The standard InChI is InChI=1S/C20H21N3O4S2/c1-27-18-10-6-5-7-15(18)11-12-21-19(24)13-16-14-28-20(22-16)23-29(25,26)17-8-3-2-4-9-17/h2-10,14H,11-13H2,1H3,(H,21,24)(H,22,23). The lowest BCUT2D eigenvalue weighted by Gasteiger charge is -2.08. The Bertz CT molecular complexity index is 1070. The van der Waals surface area contributed by atoms with E-state index in [9.17, 15) is 13.2 Å². The second kappa shape index (κ2) is 9.53. The zero-order valence-electron chi connectivity index (χ0n) is 15.8. The average molecular weight is 432 g/mol. The number of sulfonamides is 1. The quantitative estimate of drug-likeness (QED) is 0.543. The topological polar surface area (TPSA) is 97.4 Å². The smallest absolute Gasteiger partial charge is 0.263 e. The molecule has 0 fully saturated rings. The first-order valence-corrected chi connectivity index (χ1v) is 11.2. The maximum atomic E-state index is 12.3. The van der Waals surface area contributed by atoms with E-state index < -0.39 is 10.0 Å². The van der Waals surface area contributed by atoms with Crippen LogP contribution >= 0.6 is 11.3 Å². The summed E-state index contributed by atoms with van der Waals surface area (Å²) in [4.78, 5) is 16.5. The minimum absolute atomic E-state index is 0.0789. The van der Waals surface area contributed by atoms with Gasteiger partial charge in [0, 0.05) is 11.9 Å². The van der Waals surface area contributed by atoms with Gasteiger partial charge in [-0.25, -0.2) is 13.4 Å². The third-order valence-electron chi connectivity index (χ3n) is 4.08. The molecule has 7 nitrogen and oxygen atoms in total. The lowest BCUT2D eigenvalue weighted by atomic mass is 10.1. The van der Waals surface area contributed by atoms with Crippen molar-refractivity contribution >= 4 is 32.4 Å². The van der Waals surface area contributed by atoms with Crippen molar-refractivity contribution in [2.45, 2.75) is 17.7 Å². The fraction of sp³-hybridized carbons (Fsp3) is 0.200. The zero-order valence-corrected chi connectivity index (χ0v) is 17.4. The highest BCUT2D eigenvalue weighted by Gasteiger charge is 2.16. The third kappa shape index (κ3) is 5.78. The lowest BCUT2D eigenvalue weighted by Crippen LogP contribution is -2.27. The summed E-state index contributed by atoms with van der Waals surface area (Å²) < 4.78 is 32.4. The first-order valence-electron chi connectivity index (χ1n) is 8.89. The van der Waals surface area contributed by atoms with Crippen molar-refractivity contribution in [1.29, 1.82) is 0 Å². The maximum Gasteiger partial charge on any atom is 0.263 e. The van der Waals surface area contributed by atoms with Gasteiger partial charge >= 0.3 is 0 Å². The number of anilines is 1. The summed E-state index contributed by atoms with van der Waals surface area (Å²) in [5.41, 5.74) is 1.53. The molecule has 0 radical (unpaired) electrons. The van der Waals surface area contributed by atoms with Crippen LogP contribution in [0.1, 0.15) is 11.3 Å². The molecule has 3 rings (SSSR count). The van der Waals surface area contributed by atoms with E-state index in [1.807, 2.05) is 24.3 Å². The highest BCUT2D eigenvalue weighted by molar-refractivity contribution is 7.93. The molecule has 0 aliphatic heterocycles. The van der Waals surface area contributed by atoms with Gasteiger partial charge in [0.2, 0.25) is 5.91 Å². The van der Waals surface area contributed by atoms with Crippen molar-refractivity contribution in [1.82, 2.24) is 10.3 Å². The van der Waals surface area contributed by atoms with Crippen LogP contribution < -0.4 is 14.8 Å². The van der Waals surface area contributed by atoms with E-state index in [4.69, 9.17) is 4.74 Å². The van der Waals surface area contributed by atoms with Gasteiger partial charge < -0.3 is 10.1 Å². The van der Waals surface area contributed by atoms with E-state index in [0.717, 1.165) is 22.6 Å². The van der Waals surface area contributed by atoms with Gasteiger partial charge in [0.25, 0.3) is 10.0 Å². The average Bonchev–Trinajstić information content (AvgIpc) is 3.15. The normalized spacial score (nSPS) is 11.1. The Morgan fingerprint density at radius 2 is 1.83 bits per heavy atom. The first kappa shape index (κ1) is 20.8. The molecule has 9 heteroatoms. The summed E-state index contributed by atoms with van der Waals surface area (Å²) in [6, 6.07) is 15.7. The predicted octanol–water partition coefficient (Wildman–Crippen LogP) is 2.85. The summed E-state index contributed by atoms with van der Waals surface area (Å²) in [5, 5.41) is 4.74. The van der Waals surface area contributed by atoms with E-state index in [0.29, 0.717) is 18.7 Å². The fourth-order valence-electron chi connectivity index (χ4n) is 2.68. The molecular weight excluding hydrogens is 410 g/mol. The number of carbonyl (C=O) groups excluding carboxylic acids is 1. The second-order valence-electron chi connectivity index (χ2n) is 6.15. The van der Waals surface area contributed by atoms with Crippen LogP contribution in [0.2, 0.25) is 0 Å². The predicted molar refractivity (Wildman–Crippen MR) is 113 cm³/mol. The molecule has 152 valence electrons. The Hall–Kier alpha value is -2.91. The molecule has 0 bridgehead atoms. The van der Waals surface area contributed by atoms with E-state index >= 15 is 0 Å². The van der Waals surface area contributed by atoms with E-state index in [1.165, 1.54) is 12.1 Å². The number of aromatic nitrogens is 1. The molecule has 1 aromatic heterocycles. The van der Waals surface area contributed by atoms with Crippen molar-refractivity contribution in [2.24, 2.45) is 0 Å². The number of rotatable bonds is 9. The Morgan fingerprint density at radius 3 is 2.59 bits per heavy atom. The lowest BCUT2D eigenvalue weighted by molar-refractivity contribution is -0.120. The van der Waals surface area contributed by atoms with Crippen LogP contribution in [-0.2, 0) is 27.7 Å². The van der Waals surface area contributed by atoms with Crippen molar-refractivity contribution in [3.63, 3.8) is 0 Å². The van der Waals surface area contributed by atoms with E-state index in [-0.39, 0.29) is 22.4 Å². The van der Waals surface area contributed by atoms with Gasteiger partial charge in [-0.3, -0.25) is 9.52 Å². The van der Waals surface area contributed by atoms with Gasteiger partial charge in [-0.05, 0) is 30.2 Å². The number of amides is 1. The first-order chi connectivity index (χ1) is 14.0. The van der Waals surface area contributed by atoms with Gasteiger partial charge in [0.15, 0.2) is 5.13 Å². The molecule has 0 saturated carbocycles. The number of para-hydroxylation sites is 1. The monoisotopic (exact) mass is 431 g/mol. The summed E-state index contributed by atoms with van der Waals surface area (Å²) in [5.74, 6) is 0.610. The molecule has 1 amide bonds. The molecule has 29 heavy (non-hydrogen) atoms. The number of benzene rings is 2. The summed E-state index contributed by atoms with van der Waals surface area (Å²) in [7, 11) is -2.08. The van der Waals surface area contributed by atoms with Gasteiger partial charge in [0.1, 0.15) is 5.75 Å². The number of methoxy groups -OCH3 is 1. The molecule has 0 unspecified atom stereocenters. The Balaban J connectivity index is 1.51. The zero-order chi connectivity index (χ0) is 20.7. The maximum absolute atomic E-state index is 12.3. The molecule has 0 aliphatic carbocycles. The minimum Gasteiger partial charge on any atom is -0.496 e. The number of nitrogens with one attached hydrogen (secondary N) is 2. The minimum atomic E-state index is -3.69. The largest absolute Gasteiger partial charge is 0.496 e. The fourth-order valence-corrected chi connectivity index (χ4v) is 4.67. The van der Waals surface area contributed by atoms with Gasteiger partial charge in [0.05, 0.1) is 24.1 Å². The molecule has 0 aliphatic rings. The van der Waals surface area contributed by atoms with Crippen molar-refractivity contribution in [2.75, 3.05) is 18.4 Å². The molecule has 2 N–H and O–H groups in total. The number of ether oxygens (including phenoxy) is 1. The van der Waals surface area contributed by atoms with Gasteiger partial charge in [-0.2, -0.15) is 0 Å². The second-order valence-corrected chi connectivity index (χ2v) is 8.69. The molecule has 3 aromatic rings. The van der Waals surface area contributed by atoms with Crippen molar-refractivity contribution in [3.05, 3.63) is 71.2 Å². The number of hydrogen-bond acceptors (Lipinski definition) is 6. The van der Waals surface area contributed by atoms with Crippen LogP contribution in [0.3, 0.4) is 0 Å². The van der Waals surface area contributed by atoms with Gasteiger partial charge in [-0.1, -0.05) is 36.4 Å². The van der Waals surface area contributed by atoms with E-state index in [1.54, 1.807) is 30.7 Å². The van der Waals surface area contributed by atoms with Crippen LogP contribution in [-0.4, -0.2) is 33.0 Å². The Labute approximate surface area is 173 Å². The third-order valence-corrected chi connectivity index (χ3v) is 6.37. The highest BCUT2D eigenvalue weighted by Crippen LogP contribution is 2.20. The summed E-state index contributed by atoms with van der Waals surface area (Å²) >= 11 is 1.14. The van der Waals surface area contributed by atoms with E-state index in [2.05, 4.69) is 15.0 Å². The molecule has 0 atom stereocenters. The molecular formula is C20H21N3O4S2. The van der Waals surface area contributed by atoms with Crippen molar-refractivity contribution < 1.29 is 17.9 Å². The Morgan fingerprint density at radius 1 is 1.10 bits per heavy atom. The van der Waals surface area contributed by atoms with Crippen molar-refractivity contribution in [3.8, 4) is 5.75 Å². The van der Waals surface area contributed by atoms with Crippen LogP contribution in [0, 0.1) is 0 Å². The number of nitrogens with zero attached hydrogens (tertiary/aromatic N) is 1. The molecule has 1 heterocycles. The Kier molecular flexibility index (Phi) is 6.84. The SMILES string of the molecule is COc1ccccc1CCNC(=O)Cc1csc(NS(=O)(=O)c2ccccc2)n1. The van der Waals surface area contributed by atoms with Crippen LogP contribution in [0.4, 0.5) is 5.13 Å². The molecule has 2 aromatic carbocycles. The number of carbonyl (C=O) groups is 1. The van der Waals surface area contributed by atoms with Crippen LogP contribution in [0.25, 0.3) is 0 Å². The van der Waals surface area contributed by atoms with Crippen LogP contribution in [0.15, 0.2) is 64.9 Å². The molecule has 0 saturated heterocycles. The highest BCUT2D eigenvalue weighted by atomic mass is 32.2. The van der Waals surface area contributed by atoms with Crippen LogP contribution in [0.5, 0.6) is 5.75 Å². The number of hydrogen-bond donors (Lipinski definition) is 2. The number of thiazole rings is 1.